The first-order valence-corrected chi connectivity index (χ1v) is 10.2. The van der Waals surface area contributed by atoms with Crippen molar-refractivity contribution in [2.24, 2.45) is 5.92 Å². The smallest absolute Gasteiger partial charge is 0.255 e. The first-order valence-electron chi connectivity index (χ1n) is 10.2. The van der Waals surface area contributed by atoms with Crippen LogP contribution in [-0.2, 0) is 0 Å². The lowest BCUT2D eigenvalue weighted by atomic mass is 9.74. The van der Waals surface area contributed by atoms with E-state index >= 15 is 0 Å². The fourth-order valence-electron chi connectivity index (χ4n) is 4.33. The second kappa shape index (κ2) is 8.90. The van der Waals surface area contributed by atoms with E-state index in [1.165, 1.54) is 0 Å². The van der Waals surface area contributed by atoms with Gasteiger partial charge in [-0.3, -0.25) is 0 Å². The molecule has 1 saturated carbocycles. The van der Waals surface area contributed by atoms with Gasteiger partial charge in [0.15, 0.2) is 23.2 Å². The first kappa shape index (κ1) is 22.5. The molecule has 1 aliphatic carbocycles. The summed E-state index contributed by atoms with van der Waals surface area (Å²) in [6.45, 7) is 3.60. The molecule has 0 bridgehead atoms. The van der Waals surface area contributed by atoms with E-state index in [2.05, 4.69) is 0 Å². The molecule has 3 rings (SSSR count). The van der Waals surface area contributed by atoms with Gasteiger partial charge in [0, 0.05) is 17.5 Å². The van der Waals surface area contributed by atoms with Crippen molar-refractivity contribution in [2.75, 3.05) is 6.61 Å². The SMILES string of the molecule is CCCC1CCC(c2ccc(-c3ccc(OCC)c(F)c3F)c(F)c2F)C(F)(F)C1. The number of benzene rings is 2. The van der Waals surface area contributed by atoms with Crippen molar-refractivity contribution < 1.29 is 31.1 Å². The predicted molar refractivity (Wildman–Crippen MR) is 103 cm³/mol. The number of alkyl halides is 2. The van der Waals surface area contributed by atoms with E-state index in [9.17, 15) is 26.3 Å². The zero-order valence-corrected chi connectivity index (χ0v) is 16.9. The topological polar surface area (TPSA) is 9.23 Å². The van der Waals surface area contributed by atoms with Crippen LogP contribution in [0.2, 0.25) is 0 Å². The molecule has 164 valence electrons. The molecule has 1 fully saturated rings. The van der Waals surface area contributed by atoms with Crippen molar-refractivity contribution >= 4 is 0 Å². The quantitative estimate of drug-likeness (QED) is 0.428. The number of halogens is 6. The Kier molecular flexibility index (Phi) is 6.68. The van der Waals surface area contributed by atoms with Gasteiger partial charge in [-0.05, 0) is 43.4 Å². The Hall–Kier alpha value is -2.18. The minimum absolute atomic E-state index is 0.0411. The molecular formula is C23H24F6O. The van der Waals surface area contributed by atoms with Crippen molar-refractivity contribution in [3.8, 4) is 16.9 Å². The standard InChI is InChI=1S/C23H24F6O/c1-3-5-13-6-10-17(23(28,29)12-13)16-8-7-14(19(24)21(16)26)15-9-11-18(30-4-2)22(27)20(15)25/h7-9,11,13,17H,3-6,10,12H2,1-2H3. The number of hydrogen-bond donors (Lipinski definition) is 0. The third-order valence-electron chi connectivity index (χ3n) is 5.76. The lowest BCUT2D eigenvalue weighted by Gasteiger charge is -2.36. The monoisotopic (exact) mass is 430 g/mol. The van der Waals surface area contributed by atoms with Crippen molar-refractivity contribution in [3.63, 3.8) is 0 Å². The fourth-order valence-corrected chi connectivity index (χ4v) is 4.33. The Labute approximate surface area is 172 Å². The molecule has 0 saturated heterocycles. The van der Waals surface area contributed by atoms with Crippen molar-refractivity contribution in [3.05, 3.63) is 53.1 Å². The number of rotatable bonds is 6. The largest absolute Gasteiger partial charge is 0.491 e. The van der Waals surface area contributed by atoms with Crippen LogP contribution in [0.15, 0.2) is 24.3 Å². The Morgan fingerprint density at radius 1 is 0.867 bits per heavy atom. The summed E-state index contributed by atoms with van der Waals surface area (Å²) >= 11 is 0. The molecule has 1 aliphatic rings. The summed E-state index contributed by atoms with van der Waals surface area (Å²) in [5, 5.41) is 0. The molecule has 0 spiro atoms. The van der Waals surface area contributed by atoms with Gasteiger partial charge in [-0.2, -0.15) is 4.39 Å². The molecule has 2 atom stereocenters. The highest BCUT2D eigenvalue weighted by Crippen LogP contribution is 2.49. The molecule has 0 radical (unpaired) electrons. The molecule has 0 aromatic heterocycles. The van der Waals surface area contributed by atoms with E-state index in [-0.39, 0.29) is 31.1 Å². The molecule has 1 nitrogen and oxygen atoms in total. The second-order valence-electron chi connectivity index (χ2n) is 7.75. The molecule has 0 aliphatic heterocycles. The van der Waals surface area contributed by atoms with Crippen LogP contribution in [0, 0.1) is 29.2 Å². The Balaban J connectivity index is 1.97. The number of hydrogen-bond acceptors (Lipinski definition) is 1. The summed E-state index contributed by atoms with van der Waals surface area (Å²) in [7, 11) is 0. The molecule has 7 heteroatoms. The van der Waals surface area contributed by atoms with Crippen LogP contribution in [0.5, 0.6) is 5.75 Å². The summed E-state index contributed by atoms with van der Waals surface area (Å²) in [4.78, 5) is 0. The molecule has 2 unspecified atom stereocenters. The van der Waals surface area contributed by atoms with E-state index in [0.29, 0.717) is 12.8 Å². The van der Waals surface area contributed by atoms with E-state index in [1.807, 2.05) is 6.92 Å². The van der Waals surface area contributed by atoms with Crippen molar-refractivity contribution in [2.45, 2.75) is 57.8 Å². The van der Waals surface area contributed by atoms with Gasteiger partial charge in [-0.25, -0.2) is 22.0 Å². The number of ether oxygens (including phenoxy) is 1. The van der Waals surface area contributed by atoms with Gasteiger partial charge >= 0.3 is 0 Å². The minimum atomic E-state index is -3.16. The maximum Gasteiger partial charge on any atom is 0.255 e. The molecule has 30 heavy (non-hydrogen) atoms. The van der Waals surface area contributed by atoms with Crippen LogP contribution in [0.25, 0.3) is 11.1 Å². The second-order valence-corrected chi connectivity index (χ2v) is 7.75. The Morgan fingerprint density at radius 3 is 2.10 bits per heavy atom. The highest BCUT2D eigenvalue weighted by molar-refractivity contribution is 5.67. The summed E-state index contributed by atoms with van der Waals surface area (Å²) in [6.07, 6.45) is 1.64. The lowest BCUT2D eigenvalue weighted by Crippen LogP contribution is -2.34. The average Bonchev–Trinajstić information content (AvgIpc) is 2.69. The van der Waals surface area contributed by atoms with Crippen LogP contribution in [0.1, 0.15) is 57.4 Å². The fraction of sp³-hybridized carbons (Fsp3) is 0.478. The Bertz CT molecular complexity index is 911. The maximum atomic E-state index is 14.8. The van der Waals surface area contributed by atoms with Gasteiger partial charge in [0.25, 0.3) is 5.92 Å². The molecule has 0 heterocycles. The van der Waals surface area contributed by atoms with E-state index in [4.69, 9.17) is 4.74 Å². The van der Waals surface area contributed by atoms with E-state index < -0.39 is 51.8 Å². The van der Waals surface area contributed by atoms with E-state index in [0.717, 1.165) is 30.7 Å². The zero-order valence-electron chi connectivity index (χ0n) is 16.9. The van der Waals surface area contributed by atoms with Gasteiger partial charge in [-0.1, -0.05) is 31.9 Å². The van der Waals surface area contributed by atoms with Gasteiger partial charge in [0.1, 0.15) is 0 Å². The van der Waals surface area contributed by atoms with Crippen LogP contribution >= 0.6 is 0 Å². The summed E-state index contributed by atoms with van der Waals surface area (Å²) < 4.78 is 92.4. The van der Waals surface area contributed by atoms with Crippen LogP contribution in [0.4, 0.5) is 26.3 Å². The predicted octanol–water partition coefficient (Wildman–Crippen LogP) is 7.63. The van der Waals surface area contributed by atoms with E-state index in [1.54, 1.807) is 6.92 Å². The third kappa shape index (κ3) is 4.16. The van der Waals surface area contributed by atoms with Crippen LogP contribution < -0.4 is 4.74 Å². The van der Waals surface area contributed by atoms with Crippen LogP contribution in [-0.4, -0.2) is 12.5 Å². The minimum Gasteiger partial charge on any atom is -0.491 e. The third-order valence-corrected chi connectivity index (χ3v) is 5.76. The Morgan fingerprint density at radius 2 is 1.50 bits per heavy atom. The van der Waals surface area contributed by atoms with Gasteiger partial charge < -0.3 is 4.74 Å². The molecule has 0 N–H and O–H groups in total. The maximum absolute atomic E-state index is 14.8. The zero-order chi connectivity index (χ0) is 22.1. The van der Waals surface area contributed by atoms with Gasteiger partial charge in [-0.15, -0.1) is 0 Å². The van der Waals surface area contributed by atoms with Crippen molar-refractivity contribution in [1.29, 1.82) is 0 Å². The molecule has 0 amide bonds. The lowest BCUT2D eigenvalue weighted by molar-refractivity contribution is -0.0745. The highest BCUT2D eigenvalue weighted by atomic mass is 19.3. The van der Waals surface area contributed by atoms with Gasteiger partial charge in [0.2, 0.25) is 5.82 Å². The average molecular weight is 430 g/mol. The summed E-state index contributed by atoms with van der Waals surface area (Å²) in [5.41, 5.74) is -1.46. The molecule has 2 aromatic carbocycles. The summed E-state index contributed by atoms with van der Waals surface area (Å²) in [6, 6.07) is 4.28. The van der Waals surface area contributed by atoms with Gasteiger partial charge in [0.05, 0.1) is 12.5 Å². The summed E-state index contributed by atoms with van der Waals surface area (Å²) in [5.74, 6) is -10.7. The first-order chi connectivity index (χ1) is 14.2. The van der Waals surface area contributed by atoms with Crippen molar-refractivity contribution in [1.82, 2.24) is 0 Å². The normalized spacial score (nSPS) is 20.9. The van der Waals surface area contributed by atoms with Crippen LogP contribution in [0.3, 0.4) is 0 Å². The highest BCUT2D eigenvalue weighted by Gasteiger charge is 2.46. The molecular weight excluding hydrogens is 406 g/mol. The molecule has 2 aromatic rings.